The summed E-state index contributed by atoms with van der Waals surface area (Å²) in [7, 11) is -2.72. The summed E-state index contributed by atoms with van der Waals surface area (Å²) in [4.78, 5) is 15.7. The van der Waals surface area contributed by atoms with Crippen LogP contribution in [0.1, 0.15) is 5.56 Å². The Hall–Kier alpha value is -2.53. The molecule has 9 nitrogen and oxygen atoms in total. The summed E-state index contributed by atoms with van der Waals surface area (Å²) in [6.45, 7) is -1.04. The lowest BCUT2D eigenvalue weighted by molar-refractivity contribution is -0.134. The fraction of sp³-hybridized carbons (Fsp3) is 0.250. The molecule has 0 aliphatic rings. The number of ether oxygens (including phenoxy) is 1. The molecule has 1 heterocycles. The minimum atomic E-state index is -4.17. The van der Waals surface area contributed by atoms with Crippen molar-refractivity contribution in [3.63, 3.8) is 0 Å². The Balaban J connectivity index is 2.47. The van der Waals surface area contributed by atoms with Gasteiger partial charge in [0.25, 0.3) is 5.91 Å². The molecule has 10 heteroatoms. The summed E-state index contributed by atoms with van der Waals surface area (Å²) in [5, 5.41) is 18.4. The lowest BCUT2D eigenvalue weighted by Gasteiger charge is -2.28. The average Bonchev–Trinajstić information content (AvgIpc) is 2.68. The highest BCUT2D eigenvalue weighted by Crippen LogP contribution is 2.23. The van der Waals surface area contributed by atoms with Crippen LogP contribution in [-0.4, -0.2) is 53.7 Å². The van der Waals surface area contributed by atoms with Gasteiger partial charge >= 0.3 is 0 Å². The Labute approximate surface area is 150 Å². The van der Waals surface area contributed by atoms with E-state index in [-0.39, 0.29) is 11.4 Å². The van der Waals surface area contributed by atoms with E-state index in [4.69, 9.17) is 9.94 Å². The Kier molecular flexibility index (Phi) is 6.64. The lowest BCUT2D eigenvalue weighted by atomic mass is 10.2. The van der Waals surface area contributed by atoms with E-state index >= 15 is 0 Å². The number of aromatic nitrogens is 1. The summed E-state index contributed by atoms with van der Waals surface area (Å²) >= 11 is 0. The number of amides is 1. The van der Waals surface area contributed by atoms with E-state index in [1.54, 1.807) is 12.1 Å². The highest BCUT2D eigenvalue weighted by Gasteiger charge is 2.35. The summed E-state index contributed by atoms with van der Waals surface area (Å²) in [6, 6.07) is 7.32. The first-order valence-corrected chi connectivity index (χ1v) is 8.97. The zero-order chi connectivity index (χ0) is 19.2. The molecule has 0 radical (unpaired) electrons. The number of benzene rings is 1. The molecule has 3 N–H and O–H groups in total. The minimum absolute atomic E-state index is 0.0913. The van der Waals surface area contributed by atoms with Crippen molar-refractivity contribution in [2.24, 2.45) is 0 Å². The van der Waals surface area contributed by atoms with E-state index in [2.05, 4.69) is 4.98 Å². The number of carbonyl (C=O) groups excluding carboxylic acids is 1. The van der Waals surface area contributed by atoms with Gasteiger partial charge in [-0.05, 0) is 35.9 Å². The molecule has 1 aromatic heterocycles. The van der Waals surface area contributed by atoms with Crippen LogP contribution in [0.4, 0.5) is 0 Å². The van der Waals surface area contributed by atoms with Gasteiger partial charge in [0, 0.05) is 18.9 Å². The van der Waals surface area contributed by atoms with Gasteiger partial charge in [-0.2, -0.15) is 4.31 Å². The van der Waals surface area contributed by atoms with Crippen LogP contribution in [0.2, 0.25) is 0 Å². The SMILES string of the molecule is COc1ccc(S(=O)(=O)N(Cc2cccnc2)[C@H](CO)C(=O)NO)cc1. The highest BCUT2D eigenvalue weighted by molar-refractivity contribution is 7.89. The molecular weight excluding hydrogens is 362 g/mol. The number of hydrogen-bond acceptors (Lipinski definition) is 7. The van der Waals surface area contributed by atoms with Gasteiger partial charge in [-0.15, -0.1) is 0 Å². The van der Waals surface area contributed by atoms with Crippen molar-refractivity contribution in [3.05, 3.63) is 54.4 Å². The van der Waals surface area contributed by atoms with Crippen molar-refractivity contribution < 1.29 is 28.3 Å². The fourth-order valence-electron chi connectivity index (χ4n) is 2.30. The third-order valence-corrected chi connectivity index (χ3v) is 5.53. The maximum atomic E-state index is 13.0. The highest BCUT2D eigenvalue weighted by atomic mass is 32.2. The largest absolute Gasteiger partial charge is 0.497 e. The molecule has 0 unspecified atom stereocenters. The van der Waals surface area contributed by atoms with Crippen LogP contribution in [0.3, 0.4) is 0 Å². The van der Waals surface area contributed by atoms with Gasteiger partial charge in [0.15, 0.2) is 0 Å². The summed E-state index contributed by atoms with van der Waals surface area (Å²) < 4.78 is 31.9. The van der Waals surface area contributed by atoms with Crippen LogP contribution >= 0.6 is 0 Å². The van der Waals surface area contributed by atoms with Gasteiger partial charge in [0.2, 0.25) is 10.0 Å². The molecule has 1 amide bonds. The Morgan fingerprint density at radius 2 is 2.00 bits per heavy atom. The van der Waals surface area contributed by atoms with Crippen molar-refractivity contribution in [1.82, 2.24) is 14.8 Å². The van der Waals surface area contributed by atoms with Crippen molar-refractivity contribution in [3.8, 4) is 5.75 Å². The number of aliphatic hydroxyl groups is 1. The topological polar surface area (TPSA) is 129 Å². The molecule has 2 rings (SSSR count). The van der Waals surface area contributed by atoms with E-state index in [1.807, 2.05) is 0 Å². The Morgan fingerprint density at radius 1 is 1.31 bits per heavy atom. The smallest absolute Gasteiger partial charge is 0.264 e. The molecule has 0 aliphatic carbocycles. The van der Waals surface area contributed by atoms with Crippen molar-refractivity contribution >= 4 is 15.9 Å². The standard InChI is InChI=1S/C16H19N3O6S/c1-25-13-4-6-14(7-5-13)26(23,24)19(15(11-20)16(21)18-22)10-12-3-2-8-17-9-12/h2-9,15,20,22H,10-11H2,1H3,(H,18,21)/t15-/m1/s1. The Bertz CT molecular complexity index is 827. The van der Waals surface area contributed by atoms with E-state index in [1.165, 1.54) is 49.2 Å². The molecule has 0 bridgehead atoms. The van der Waals surface area contributed by atoms with Crippen LogP contribution in [0.25, 0.3) is 0 Å². The molecular formula is C16H19N3O6S. The number of aliphatic hydroxyl groups excluding tert-OH is 1. The van der Waals surface area contributed by atoms with Crippen LogP contribution in [0, 0.1) is 0 Å². The monoisotopic (exact) mass is 381 g/mol. The van der Waals surface area contributed by atoms with Gasteiger partial charge in [-0.3, -0.25) is 15.0 Å². The number of methoxy groups -OCH3 is 1. The molecule has 1 aromatic carbocycles. The number of sulfonamides is 1. The van der Waals surface area contributed by atoms with E-state index < -0.39 is 28.6 Å². The normalized spacial score (nSPS) is 12.6. The summed E-state index contributed by atoms with van der Waals surface area (Å²) in [5.41, 5.74) is 1.89. The van der Waals surface area contributed by atoms with Crippen molar-refractivity contribution in [2.75, 3.05) is 13.7 Å². The molecule has 0 aliphatic heterocycles. The first-order chi connectivity index (χ1) is 12.4. The van der Waals surface area contributed by atoms with Crippen molar-refractivity contribution in [1.29, 1.82) is 0 Å². The number of hydroxylamine groups is 1. The predicted molar refractivity (Wildman–Crippen MR) is 90.8 cm³/mol. The minimum Gasteiger partial charge on any atom is -0.497 e. The number of rotatable bonds is 8. The maximum absolute atomic E-state index is 13.0. The molecule has 0 fully saturated rings. The van der Waals surface area contributed by atoms with Gasteiger partial charge in [-0.25, -0.2) is 13.9 Å². The van der Waals surface area contributed by atoms with Crippen LogP contribution in [0.15, 0.2) is 53.7 Å². The number of nitrogens with one attached hydrogen (secondary N) is 1. The Morgan fingerprint density at radius 3 is 2.50 bits per heavy atom. The molecule has 0 saturated carbocycles. The van der Waals surface area contributed by atoms with E-state index in [0.29, 0.717) is 11.3 Å². The number of carbonyl (C=O) groups is 1. The van der Waals surface area contributed by atoms with E-state index in [9.17, 15) is 18.3 Å². The summed E-state index contributed by atoms with van der Waals surface area (Å²) in [5.74, 6) is -0.581. The first-order valence-electron chi connectivity index (χ1n) is 7.53. The van der Waals surface area contributed by atoms with Crippen LogP contribution in [-0.2, 0) is 21.4 Å². The first kappa shape index (κ1) is 19.8. The zero-order valence-corrected chi connectivity index (χ0v) is 14.8. The molecule has 140 valence electrons. The number of nitrogens with zero attached hydrogens (tertiary/aromatic N) is 2. The zero-order valence-electron chi connectivity index (χ0n) is 13.9. The molecule has 1 atom stereocenters. The second-order valence-electron chi connectivity index (χ2n) is 5.26. The van der Waals surface area contributed by atoms with Crippen LogP contribution in [0.5, 0.6) is 5.75 Å². The fourth-order valence-corrected chi connectivity index (χ4v) is 3.86. The third kappa shape index (κ3) is 4.35. The molecule has 0 spiro atoms. The lowest BCUT2D eigenvalue weighted by Crippen LogP contribution is -2.50. The number of pyridine rings is 1. The number of hydrogen-bond donors (Lipinski definition) is 3. The quantitative estimate of drug-likeness (QED) is 0.438. The van der Waals surface area contributed by atoms with Gasteiger partial charge in [0.1, 0.15) is 11.8 Å². The molecule has 26 heavy (non-hydrogen) atoms. The molecule has 0 saturated heterocycles. The second-order valence-corrected chi connectivity index (χ2v) is 7.15. The molecule has 2 aromatic rings. The third-order valence-electron chi connectivity index (χ3n) is 3.66. The van der Waals surface area contributed by atoms with Gasteiger partial charge < -0.3 is 9.84 Å². The van der Waals surface area contributed by atoms with Crippen molar-refractivity contribution in [2.45, 2.75) is 17.5 Å². The predicted octanol–water partition coefficient (Wildman–Crippen LogP) is 0.147. The van der Waals surface area contributed by atoms with Gasteiger partial charge in [0.05, 0.1) is 18.6 Å². The summed E-state index contributed by atoms with van der Waals surface area (Å²) in [6.07, 6.45) is 2.97. The van der Waals surface area contributed by atoms with Crippen LogP contribution < -0.4 is 10.2 Å². The van der Waals surface area contributed by atoms with E-state index in [0.717, 1.165) is 4.31 Å². The second kappa shape index (κ2) is 8.72. The average molecular weight is 381 g/mol. The maximum Gasteiger partial charge on any atom is 0.264 e. The van der Waals surface area contributed by atoms with Gasteiger partial charge in [-0.1, -0.05) is 6.07 Å².